The molecule has 0 saturated heterocycles. The first kappa shape index (κ1) is 40.0. The molecular weight excluding hydrogens is 545 g/mol. The monoisotopic (exact) mass is 607 g/mol. The van der Waals surface area contributed by atoms with Gasteiger partial charge in [0.25, 0.3) is 0 Å². The summed E-state index contributed by atoms with van der Waals surface area (Å²) in [5, 5.41) is 12.5. The van der Waals surface area contributed by atoms with E-state index in [-0.39, 0.29) is 32.1 Å². The number of esters is 1. The van der Waals surface area contributed by atoms with E-state index in [2.05, 4.69) is 19.2 Å². The van der Waals surface area contributed by atoms with Crippen LogP contribution in [0.1, 0.15) is 155 Å². The van der Waals surface area contributed by atoms with Gasteiger partial charge in [-0.15, -0.1) is 0 Å². The molecule has 0 rings (SSSR count). The molecule has 0 aromatic rings. The molecule has 0 bridgehead atoms. The zero-order valence-corrected chi connectivity index (χ0v) is 27.1. The quantitative estimate of drug-likeness (QED) is 0.0414. The van der Waals surface area contributed by atoms with Crippen molar-refractivity contribution in [3.05, 3.63) is 0 Å². The first-order valence-electron chi connectivity index (χ1n) is 16.5. The van der Waals surface area contributed by atoms with Gasteiger partial charge in [-0.05, 0) is 12.8 Å². The van der Waals surface area contributed by atoms with Crippen LogP contribution in [0, 0.1) is 0 Å². The van der Waals surface area contributed by atoms with Gasteiger partial charge in [0.05, 0.1) is 13.2 Å². The topological polar surface area (TPSA) is 131 Å². The minimum absolute atomic E-state index is 0.0873. The molecule has 0 aliphatic carbocycles. The van der Waals surface area contributed by atoms with Gasteiger partial charge >= 0.3 is 13.8 Å². The third-order valence-electron chi connectivity index (χ3n) is 7.04. The van der Waals surface area contributed by atoms with Crippen LogP contribution < -0.4 is 5.32 Å². The van der Waals surface area contributed by atoms with Crippen molar-refractivity contribution in [2.24, 2.45) is 0 Å². The zero-order chi connectivity index (χ0) is 30.4. The number of hydrogen-bond acceptors (Lipinski definition) is 7. The maximum Gasteiger partial charge on any atom is 0.472 e. The Morgan fingerprint density at radius 3 is 1.59 bits per heavy atom. The molecule has 10 heteroatoms. The molecule has 2 unspecified atom stereocenters. The number of carbonyl (C=O) groups excluding carboxylic acids is 2. The van der Waals surface area contributed by atoms with Crippen molar-refractivity contribution >= 4 is 19.7 Å². The smallest absolute Gasteiger partial charge is 0.463 e. The molecule has 244 valence electrons. The van der Waals surface area contributed by atoms with Crippen LogP contribution >= 0.6 is 7.82 Å². The Bertz CT molecular complexity index is 664. The van der Waals surface area contributed by atoms with E-state index in [0.717, 1.165) is 38.5 Å². The van der Waals surface area contributed by atoms with Crippen LogP contribution in [0.15, 0.2) is 0 Å². The number of ether oxygens (including phenoxy) is 1. The summed E-state index contributed by atoms with van der Waals surface area (Å²) in [6.07, 6.45) is 23.4. The lowest BCUT2D eigenvalue weighted by molar-refractivity contribution is -0.147. The number of aliphatic hydroxyl groups is 1. The number of nitrogens with one attached hydrogen (secondary N) is 1. The van der Waals surface area contributed by atoms with Crippen molar-refractivity contribution in [3.63, 3.8) is 0 Å². The summed E-state index contributed by atoms with van der Waals surface area (Å²) in [6, 6.07) is 0. The van der Waals surface area contributed by atoms with E-state index in [1.165, 1.54) is 89.9 Å². The lowest BCUT2D eigenvalue weighted by atomic mass is 10.0. The number of unbranched alkanes of at least 4 members (excludes halogenated alkanes) is 18. The Labute approximate surface area is 250 Å². The number of rotatable bonds is 31. The largest absolute Gasteiger partial charge is 0.472 e. The Morgan fingerprint density at radius 1 is 0.659 bits per heavy atom. The molecule has 1 amide bonds. The van der Waals surface area contributed by atoms with E-state index in [1.807, 2.05) is 0 Å². The van der Waals surface area contributed by atoms with Crippen LogP contribution in [0.25, 0.3) is 0 Å². The summed E-state index contributed by atoms with van der Waals surface area (Å²) in [4.78, 5) is 33.4. The highest BCUT2D eigenvalue weighted by atomic mass is 31.2. The Morgan fingerprint density at radius 2 is 1.10 bits per heavy atom. The maximum atomic E-state index is 12.0. The lowest BCUT2D eigenvalue weighted by Gasteiger charge is -2.15. The van der Waals surface area contributed by atoms with Crippen molar-refractivity contribution < 1.29 is 37.9 Å². The number of amides is 1. The van der Waals surface area contributed by atoms with Gasteiger partial charge in [-0.1, -0.05) is 129 Å². The molecule has 0 aliphatic rings. The molecule has 0 heterocycles. The van der Waals surface area contributed by atoms with E-state index in [9.17, 15) is 24.2 Å². The van der Waals surface area contributed by atoms with E-state index in [4.69, 9.17) is 13.8 Å². The first-order chi connectivity index (χ1) is 19.8. The summed E-state index contributed by atoms with van der Waals surface area (Å²) in [7, 11) is -4.39. The van der Waals surface area contributed by atoms with E-state index in [1.54, 1.807) is 0 Å². The van der Waals surface area contributed by atoms with Crippen LogP contribution in [-0.2, 0) is 27.9 Å². The predicted octanol–water partition coefficient (Wildman–Crippen LogP) is 7.76. The van der Waals surface area contributed by atoms with Crippen molar-refractivity contribution in [1.82, 2.24) is 5.32 Å². The average Bonchev–Trinajstić information content (AvgIpc) is 2.95. The summed E-state index contributed by atoms with van der Waals surface area (Å²) >= 11 is 0. The summed E-state index contributed by atoms with van der Waals surface area (Å²) < 4.78 is 26.6. The van der Waals surface area contributed by atoms with Crippen LogP contribution in [-0.4, -0.2) is 54.3 Å². The first-order valence-corrected chi connectivity index (χ1v) is 18.0. The Balaban J connectivity index is 3.62. The van der Waals surface area contributed by atoms with Crippen molar-refractivity contribution in [2.75, 3.05) is 26.4 Å². The van der Waals surface area contributed by atoms with Gasteiger partial charge < -0.3 is 20.1 Å². The van der Waals surface area contributed by atoms with Crippen molar-refractivity contribution in [2.45, 2.75) is 161 Å². The minimum atomic E-state index is -4.39. The van der Waals surface area contributed by atoms with Crippen molar-refractivity contribution in [1.29, 1.82) is 0 Å². The number of phosphoric ester groups is 1. The van der Waals surface area contributed by atoms with Crippen LogP contribution in [0.4, 0.5) is 0 Å². The maximum absolute atomic E-state index is 12.0. The van der Waals surface area contributed by atoms with Gasteiger partial charge in [0, 0.05) is 19.4 Å². The zero-order valence-electron chi connectivity index (χ0n) is 26.3. The molecular formula is C31H62NO8P. The molecule has 0 aromatic heterocycles. The molecule has 0 fully saturated rings. The second kappa shape index (κ2) is 29.1. The lowest BCUT2D eigenvalue weighted by Crippen LogP contribution is -2.27. The fraction of sp³-hybridized carbons (Fsp3) is 0.935. The SMILES string of the molecule is CCCCCCCCCCCCCCCC(=O)NCCOP(=O)(O)OCC(O)COC(=O)CCCCCCCCC. The average molecular weight is 608 g/mol. The minimum Gasteiger partial charge on any atom is -0.463 e. The number of aliphatic hydroxyl groups excluding tert-OH is 1. The molecule has 0 radical (unpaired) electrons. The Kier molecular flexibility index (Phi) is 28.4. The highest BCUT2D eigenvalue weighted by Crippen LogP contribution is 2.42. The normalized spacial score (nSPS) is 13.6. The van der Waals surface area contributed by atoms with Gasteiger partial charge in [0.15, 0.2) is 0 Å². The van der Waals surface area contributed by atoms with Gasteiger partial charge in [0.2, 0.25) is 5.91 Å². The van der Waals surface area contributed by atoms with E-state index < -0.39 is 26.5 Å². The molecule has 0 aromatic carbocycles. The third-order valence-corrected chi connectivity index (χ3v) is 8.02. The summed E-state index contributed by atoms with van der Waals surface area (Å²) in [5.74, 6) is -0.519. The van der Waals surface area contributed by atoms with Gasteiger partial charge in [0.1, 0.15) is 12.7 Å². The van der Waals surface area contributed by atoms with Gasteiger partial charge in [-0.2, -0.15) is 0 Å². The summed E-state index contributed by atoms with van der Waals surface area (Å²) in [5.41, 5.74) is 0. The van der Waals surface area contributed by atoms with E-state index >= 15 is 0 Å². The molecule has 41 heavy (non-hydrogen) atoms. The molecule has 2 atom stereocenters. The molecule has 0 saturated carbocycles. The van der Waals surface area contributed by atoms with E-state index in [0.29, 0.717) is 6.42 Å². The molecule has 0 aliphatic heterocycles. The predicted molar refractivity (Wildman–Crippen MR) is 165 cm³/mol. The third kappa shape index (κ3) is 30.3. The van der Waals surface area contributed by atoms with Gasteiger partial charge in [-0.3, -0.25) is 18.6 Å². The van der Waals surface area contributed by atoms with Crippen LogP contribution in [0.5, 0.6) is 0 Å². The number of phosphoric acid groups is 1. The number of hydrogen-bond donors (Lipinski definition) is 3. The van der Waals surface area contributed by atoms with Crippen molar-refractivity contribution in [3.8, 4) is 0 Å². The Hall–Kier alpha value is -0.990. The molecule has 9 nitrogen and oxygen atoms in total. The number of carbonyl (C=O) groups is 2. The highest BCUT2D eigenvalue weighted by molar-refractivity contribution is 7.47. The molecule has 3 N–H and O–H groups in total. The fourth-order valence-corrected chi connectivity index (χ4v) is 5.25. The van der Waals surface area contributed by atoms with Crippen LogP contribution in [0.3, 0.4) is 0 Å². The second-order valence-electron chi connectivity index (χ2n) is 11.1. The summed E-state index contributed by atoms with van der Waals surface area (Å²) in [6.45, 7) is 3.49. The second-order valence-corrected chi connectivity index (χ2v) is 12.6. The van der Waals surface area contributed by atoms with Gasteiger partial charge in [-0.25, -0.2) is 4.57 Å². The van der Waals surface area contributed by atoms with Crippen LogP contribution in [0.2, 0.25) is 0 Å². The fourth-order valence-electron chi connectivity index (χ4n) is 4.50. The standard InChI is InChI=1S/C31H62NO8P/c1-3-5-7-9-11-12-13-14-15-16-18-19-21-23-30(34)32-25-26-39-41(36,37)40-28-29(33)27-38-31(35)24-22-20-17-10-8-6-4-2/h29,33H,3-28H2,1-2H3,(H,32,34)(H,36,37). The molecule has 0 spiro atoms. The highest BCUT2D eigenvalue weighted by Gasteiger charge is 2.23.